The molecule has 2 fully saturated rings. The average molecular weight is 463 g/mol. The van der Waals surface area contributed by atoms with Crippen LogP contribution in [0, 0.1) is 23.6 Å². The van der Waals surface area contributed by atoms with E-state index in [1.54, 1.807) is 36.4 Å². The van der Waals surface area contributed by atoms with Crippen molar-refractivity contribution in [2.45, 2.75) is 58.3 Å². The van der Waals surface area contributed by atoms with E-state index >= 15 is 0 Å². The minimum Gasteiger partial charge on any atom is -0.490 e. The second-order valence-corrected chi connectivity index (χ2v) is 9.61. The zero-order chi connectivity index (χ0) is 23.9. The molecule has 4 atom stereocenters. The Morgan fingerprint density at radius 1 is 0.941 bits per heavy atom. The van der Waals surface area contributed by atoms with Gasteiger partial charge in [0.2, 0.25) is 0 Å². The zero-order valence-electron chi connectivity index (χ0n) is 20.2. The number of hydrogen-bond acceptors (Lipinski definition) is 3. The Labute approximate surface area is 202 Å². The van der Waals surface area contributed by atoms with Crippen LogP contribution in [0.25, 0.3) is 0 Å². The Bertz CT molecular complexity index is 1020. The van der Waals surface area contributed by atoms with Crippen molar-refractivity contribution in [2.24, 2.45) is 17.8 Å². The molecule has 0 bridgehead atoms. The van der Waals surface area contributed by atoms with Crippen molar-refractivity contribution >= 4 is 5.97 Å². The van der Waals surface area contributed by atoms with E-state index in [1.165, 1.54) is 25.7 Å². The van der Waals surface area contributed by atoms with E-state index < -0.39 is 11.8 Å². The van der Waals surface area contributed by atoms with E-state index in [0.29, 0.717) is 24.0 Å². The highest BCUT2D eigenvalue weighted by Crippen LogP contribution is 2.48. The molecule has 0 saturated heterocycles. The molecule has 0 spiro atoms. The number of carbonyl (C=O) groups is 1. The molecule has 4 heteroatoms. The average Bonchev–Trinajstić information content (AvgIpc) is 2.85. The minimum absolute atomic E-state index is 0.0299. The first-order valence-corrected chi connectivity index (χ1v) is 12.6. The molecule has 0 N–H and O–H groups in total. The Kier molecular flexibility index (Phi) is 8.21. The summed E-state index contributed by atoms with van der Waals surface area (Å²) < 4.78 is 25.9. The van der Waals surface area contributed by atoms with Gasteiger partial charge in [-0.25, -0.2) is 9.18 Å². The lowest BCUT2D eigenvalue weighted by molar-refractivity contribution is 0.0729. The number of ether oxygens (including phenoxy) is 2. The molecule has 2 aromatic rings. The van der Waals surface area contributed by atoms with E-state index in [0.717, 1.165) is 36.2 Å². The van der Waals surface area contributed by atoms with Crippen LogP contribution >= 0.6 is 0 Å². The highest BCUT2D eigenvalue weighted by molar-refractivity contribution is 5.91. The van der Waals surface area contributed by atoms with Crippen molar-refractivity contribution < 1.29 is 18.7 Å². The summed E-state index contributed by atoms with van der Waals surface area (Å²) in [5.41, 5.74) is 0.975. The third-order valence-electron chi connectivity index (χ3n) is 7.42. The Hall–Kier alpha value is -2.88. The first-order chi connectivity index (χ1) is 16.6. The SMILES string of the molecule is C/C=C/COc1ccc(OC(=O)c2ccc(C3CCC4CC(/C=C/C)CCC4C3)cc2F)cc1. The molecule has 0 heterocycles. The standard InChI is InChI=1S/C30H35FO3/c1-3-5-17-33-26-12-14-27(15-13-26)34-30(32)28-16-11-25(20-29(28)31)24-10-9-22-18-21(6-4-2)7-8-23(22)19-24/h3-6,11-16,20-24H,7-10,17-19H2,1-2H3/b5-3+,6-4+. The van der Waals surface area contributed by atoms with Gasteiger partial charge in [0.25, 0.3) is 0 Å². The quantitative estimate of drug-likeness (QED) is 0.238. The van der Waals surface area contributed by atoms with Gasteiger partial charge in [-0.15, -0.1) is 0 Å². The molecular weight excluding hydrogens is 427 g/mol. The largest absolute Gasteiger partial charge is 0.490 e. The summed E-state index contributed by atoms with van der Waals surface area (Å²) in [6, 6.07) is 11.8. The summed E-state index contributed by atoms with van der Waals surface area (Å²) in [6.07, 6.45) is 15.6. The number of esters is 1. The topological polar surface area (TPSA) is 35.5 Å². The normalized spacial score (nSPS) is 24.8. The number of benzene rings is 2. The van der Waals surface area contributed by atoms with Crippen LogP contribution in [0.5, 0.6) is 11.5 Å². The molecule has 0 aliphatic heterocycles. The Balaban J connectivity index is 1.35. The van der Waals surface area contributed by atoms with Crippen LogP contribution in [0.4, 0.5) is 4.39 Å². The molecule has 4 unspecified atom stereocenters. The van der Waals surface area contributed by atoms with Crippen LogP contribution in [0.1, 0.15) is 74.2 Å². The van der Waals surface area contributed by atoms with Gasteiger partial charge in [0, 0.05) is 0 Å². The minimum atomic E-state index is -0.683. The molecule has 0 radical (unpaired) electrons. The number of hydrogen-bond donors (Lipinski definition) is 0. The third kappa shape index (κ3) is 5.97. The van der Waals surface area contributed by atoms with Gasteiger partial charge in [0.1, 0.15) is 23.9 Å². The summed E-state index contributed by atoms with van der Waals surface area (Å²) in [7, 11) is 0. The van der Waals surface area contributed by atoms with Gasteiger partial charge in [-0.2, -0.15) is 0 Å². The number of carbonyl (C=O) groups excluding carboxylic acids is 1. The van der Waals surface area contributed by atoms with Crippen molar-refractivity contribution in [3.8, 4) is 11.5 Å². The lowest BCUT2D eigenvalue weighted by Gasteiger charge is -2.41. The summed E-state index contributed by atoms with van der Waals surface area (Å²) in [5, 5.41) is 0. The van der Waals surface area contributed by atoms with Crippen LogP contribution < -0.4 is 9.47 Å². The lowest BCUT2D eigenvalue weighted by Crippen LogP contribution is -2.30. The van der Waals surface area contributed by atoms with Crippen molar-refractivity contribution in [1.29, 1.82) is 0 Å². The van der Waals surface area contributed by atoms with Gasteiger partial charge in [-0.1, -0.05) is 30.4 Å². The van der Waals surface area contributed by atoms with E-state index in [-0.39, 0.29) is 5.56 Å². The second-order valence-electron chi connectivity index (χ2n) is 9.61. The molecule has 3 nitrogen and oxygen atoms in total. The fraction of sp³-hybridized carbons (Fsp3) is 0.433. The summed E-state index contributed by atoms with van der Waals surface area (Å²) >= 11 is 0. The highest BCUT2D eigenvalue weighted by Gasteiger charge is 2.35. The van der Waals surface area contributed by atoms with E-state index in [1.807, 2.05) is 25.1 Å². The number of allylic oxidation sites excluding steroid dienone is 3. The molecule has 0 amide bonds. The number of fused-ring (bicyclic) bond motifs is 1. The third-order valence-corrected chi connectivity index (χ3v) is 7.42. The predicted molar refractivity (Wildman–Crippen MR) is 134 cm³/mol. The van der Waals surface area contributed by atoms with Crippen molar-refractivity contribution in [3.05, 3.63) is 83.7 Å². The lowest BCUT2D eigenvalue weighted by atomic mass is 9.64. The van der Waals surface area contributed by atoms with E-state index in [9.17, 15) is 9.18 Å². The van der Waals surface area contributed by atoms with Crippen LogP contribution in [0.15, 0.2) is 66.8 Å². The van der Waals surface area contributed by atoms with E-state index in [4.69, 9.17) is 9.47 Å². The Morgan fingerprint density at radius 3 is 2.41 bits per heavy atom. The molecule has 2 aromatic carbocycles. The Morgan fingerprint density at radius 2 is 1.68 bits per heavy atom. The summed E-state index contributed by atoms with van der Waals surface area (Å²) in [4.78, 5) is 12.6. The van der Waals surface area contributed by atoms with Gasteiger partial charge in [-0.3, -0.25) is 0 Å². The zero-order valence-corrected chi connectivity index (χ0v) is 20.2. The first kappa shape index (κ1) is 24.3. The summed E-state index contributed by atoms with van der Waals surface area (Å²) in [5.74, 6) is 2.48. The van der Waals surface area contributed by atoms with Gasteiger partial charge >= 0.3 is 5.97 Å². The summed E-state index contributed by atoms with van der Waals surface area (Å²) in [6.45, 7) is 4.51. The number of halogens is 1. The van der Waals surface area contributed by atoms with Crippen LogP contribution in [-0.4, -0.2) is 12.6 Å². The van der Waals surface area contributed by atoms with Crippen molar-refractivity contribution in [3.63, 3.8) is 0 Å². The molecule has 180 valence electrons. The van der Waals surface area contributed by atoms with Crippen LogP contribution in [-0.2, 0) is 0 Å². The molecule has 2 aliphatic rings. The van der Waals surface area contributed by atoms with Crippen LogP contribution in [0.2, 0.25) is 0 Å². The van der Waals surface area contributed by atoms with Gasteiger partial charge in [-0.05, 0) is 118 Å². The molecule has 2 saturated carbocycles. The maximum Gasteiger partial charge on any atom is 0.346 e. The van der Waals surface area contributed by atoms with E-state index in [2.05, 4.69) is 19.1 Å². The second kappa shape index (κ2) is 11.5. The molecular formula is C30H35FO3. The molecule has 34 heavy (non-hydrogen) atoms. The highest BCUT2D eigenvalue weighted by atomic mass is 19.1. The first-order valence-electron chi connectivity index (χ1n) is 12.6. The smallest absolute Gasteiger partial charge is 0.346 e. The monoisotopic (exact) mass is 462 g/mol. The fourth-order valence-electron chi connectivity index (χ4n) is 5.63. The number of rotatable bonds is 7. The predicted octanol–water partition coefficient (Wildman–Crippen LogP) is 7.88. The van der Waals surface area contributed by atoms with Gasteiger partial charge in [0.05, 0.1) is 5.56 Å². The molecule has 2 aliphatic carbocycles. The van der Waals surface area contributed by atoms with Crippen molar-refractivity contribution in [2.75, 3.05) is 6.61 Å². The van der Waals surface area contributed by atoms with Crippen LogP contribution in [0.3, 0.4) is 0 Å². The maximum absolute atomic E-state index is 14.9. The van der Waals surface area contributed by atoms with Crippen molar-refractivity contribution in [1.82, 2.24) is 0 Å². The molecule has 4 rings (SSSR count). The van der Waals surface area contributed by atoms with Gasteiger partial charge in [0.15, 0.2) is 0 Å². The van der Waals surface area contributed by atoms with Gasteiger partial charge < -0.3 is 9.47 Å². The maximum atomic E-state index is 14.9. The fourth-order valence-corrected chi connectivity index (χ4v) is 5.63. The molecule has 0 aromatic heterocycles.